The van der Waals surface area contributed by atoms with E-state index in [1.54, 1.807) is 6.07 Å². The summed E-state index contributed by atoms with van der Waals surface area (Å²) in [5.74, 6) is -1.13. The Kier molecular flexibility index (Phi) is 3.58. The van der Waals surface area contributed by atoms with Gasteiger partial charge in [-0.05, 0) is 18.2 Å². The standard InChI is InChI=1S/C12H15FN2O2/c13-9-2-1-3-10(6-9)15-5-4-14-8-11(15)7-12(16)17/h1-3,6,11,14H,4-5,7-8H2,(H,16,17). The number of anilines is 1. The van der Waals surface area contributed by atoms with Gasteiger partial charge in [-0.1, -0.05) is 6.07 Å². The first-order valence-electron chi connectivity index (χ1n) is 5.61. The number of nitrogens with zero attached hydrogens (tertiary/aromatic N) is 1. The molecule has 1 aromatic carbocycles. The van der Waals surface area contributed by atoms with Gasteiger partial charge in [0.2, 0.25) is 0 Å². The second-order valence-electron chi connectivity index (χ2n) is 4.13. The fourth-order valence-corrected chi connectivity index (χ4v) is 2.14. The third-order valence-corrected chi connectivity index (χ3v) is 2.90. The molecule has 0 radical (unpaired) electrons. The van der Waals surface area contributed by atoms with Crippen molar-refractivity contribution in [3.05, 3.63) is 30.1 Å². The van der Waals surface area contributed by atoms with E-state index >= 15 is 0 Å². The molecule has 0 bridgehead atoms. The quantitative estimate of drug-likeness (QED) is 0.827. The van der Waals surface area contributed by atoms with Crippen molar-refractivity contribution < 1.29 is 14.3 Å². The molecule has 4 nitrogen and oxygen atoms in total. The molecule has 0 spiro atoms. The topological polar surface area (TPSA) is 52.6 Å². The highest BCUT2D eigenvalue weighted by molar-refractivity contribution is 5.68. The van der Waals surface area contributed by atoms with Gasteiger partial charge in [-0.3, -0.25) is 4.79 Å². The lowest BCUT2D eigenvalue weighted by Gasteiger charge is -2.37. The summed E-state index contributed by atoms with van der Waals surface area (Å²) in [6.45, 7) is 2.09. The molecule has 5 heteroatoms. The van der Waals surface area contributed by atoms with Crippen molar-refractivity contribution in [2.24, 2.45) is 0 Å². The monoisotopic (exact) mass is 238 g/mol. The van der Waals surface area contributed by atoms with Crippen LogP contribution in [0.1, 0.15) is 6.42 Å². The van der Waals surface area contributed by atoms with Gasteiger partial charge in [0.05, 0.1) is 12.5 Å². The lowest BCUT2D eigenvalue weighted by Crippen LogP contribution is -2.52. The number of nitrogens with one attached hydrogen (secondary N) is 1. The Morgan fingerprint density at radius 1 is 1.59 bits per heavy atom. The zero-order valence-electron chi connectivity index (χ0n) is 9.40. The van der Waals surface area contributed by atoms with Gasteiger partial charge in [0, 0.05) is 25.3 Å². The molecule has 1 atom stereocenters. The van der Waals surface area contributed by atoms with Crippen LogP contribution in [0.5, 0.6) is 0 Å². The summed E-state index contributed by atoms with van der Waals surface area (Å²) < 4.78 is 13.2. The highest BCUT2D eigenvalue weighted by Gasteiger charge is 2.24. The first-order chi connectivity index (χ1) is 8.16. The number of rotatable bonds is 3. The van der Waals surface area contributed by atoms with E-state index in [1.165, 1.54) is 12.1 Å². The molecule has 0 aromatic heterocycles. The molecular weight excluding hydrogens is 223 g/mol. The van der Waals surface area contributed by atoms with Crippen LogP contribution in [0.25, 0.3) is 0 Å². The fraction of sp³-hybridized carbons (Fsp3) is 0.417. The van der Waals surface area contributed by atoms with Gasteiger partial charge in [-0.15, -0.1) is 0 Å². The summed E-state index contributed by atoms with van der Waals surface area (Å²) in [4.78, 5) is 12.7. The molecule has 1 aliphatic heterocycles. The number of aliphatic carboxylic acids is 1. The van der Waals surface area contributed by atoms with Crippen LogP contribution in [0.3, 0.4) is 0 Å². The number of carboxylic acids is 1. The largest absolute Gasteiger partial charge is 0.481 e. The summed E-state index contributed by atoms with van der Waals surface area (Å²) >= 11 is 0. The molecule has 1 unspecified atom stereocenters. The maximum atomic E-state index is 13.2. The fourth-order valence-electron chi connectivity index (χ4n) is 2.14. The van der Waals surface area contributed by atoms with E-state index in [-0.39, 0.29) is 18.3 Å². The predicted octanol–water partition coefficient (Wildman–Crippen LogP) is 1.08. The van der Waals surface area contributed by atoms with Crippen LogP contribution >= 0.6 is 0 Å². The van der Waals surface area contributed by atoms with Crippen molar-refractivity contribution in [2.45, 2.75) is 12.5 Å². The summed E-state index contributed by atoms with van der Waals surface area (Å²) in [5, 5.41) is 12.0. The predicted molar refractivity (Wildman–Crippen MR) is 62.7 cm³/mol. The van der Waals surface area contributed by atoms with Crippen LogP contribution in [0.4, 0.5) is 10.1 Å². The van der Waals surface area contributed by atoms with E-state index in [2.05, 4.69) is 5.32 Å². The Balaban J connectivity index is 2.18. The van der Waals surface area contributed by atoms with Gasteiger partial charge in [0.15, 0.2) is 0 Å². The van der Waals surface area contributed by atoms with Crippen molar-refractivity contribution in [2.75, 3.05) is 24.5 Å². The maximum absolute atomic E-state index is 13.2. The molecule has 1 saturated heterocycles. The Bertz CT molecular complexity index is 411. The molecule has 2 rings (SSSR count). The number of hydrogen-bond acceptors (Lipinski definition) is 3. The highest BCUT2D eigenvalue weighted by atomic mass is 19.1. The Morgan fingerprint density at radius 3 is 3.12 bits per heavy atom. The number of carbonyl (C=O) groups is 1. The second-order valence-corrected chi connectivity index (χ2v) is 4.13. The van der Waals surface area contributed by atoms with E-state index in [0.29, 0.717) is 13.1 Å². The zero-order chi connectivity index (χ0) is 12.3. The number of piperazine rings is 1. The molecule has 1 aliphatic rings. The number of hydrogen-bond donors (Lipinski definition) is 2. The molecule has 0 aliphatic carbocycles. The van der Waals surface area contributed by atoms with E-state index in [4.69, 9.17) is 5.11 Å². The van der Waals surface area contributed by atoms with E-state index in [0.717, 1.165) is 12.2 Å². The molecule has 1 aromatic rings. The lowest BCUT2D eigenvalue weighted by atomic mass is 10.1. The van der Waals surface area contributed by atoms with Crippen LogP contribution in [-0.4, -0.2) is 36.8 Å². The summed E-state index contributed by atoms with van der Waals surface area (Å²) in [6.07, 6.45) is 0.0590. The van der Waals surface area contributed by atoms with Gasteiger partial charge in [-0.25, -0.2) is 4.39 Å². The Labute approximate surface area is 99.0 Å². The molecule has 2 N–H and O–H groups in total. The molecule has 17 heavy (non-hydrogen) atoms. The Morgan fingerprint density at radius 2 is 2.41 bits per heavy atom. The average molecular weight is 238 g/mol. The Hall–Kier alpha value is -1.62. The van der Waals surface area contributed by atoms with Gasteiger partial charge in [0.1, 0.15) is 5.82 Å². The SMILES string of the molecule is O=C(O)CC1CNCCN1c1cccc(F)c1. The van der Waals surface area contributed by atoms with Gasteiger partial charge >= 0.3 is 5.97 Å². The van der Waals surface area contributed by atoms with Crippen molar-refractivity contribution in [1.82, 2.24) is 5.32 Å². The first kappa shape index (κ1) is 11.9. The van der Waals surface area contributed by atoms with Crippen LogP contribution in [0.15, 0.2) is 24.3 Å². The minimum Gasteiger partial charge on any atom is -0.481 e. The summed E-state index contributed by atoms with van der Waals surface area (Å²) in [7, 11) is 0. The number of carboxylic acid groups (broad SMARTS) is 1. The number of benzene rings is 1. The molecular formula is C12H15FN2O2. The van der Waals surface area contributed by atoms with Gasteiger partial charge in [0.25, 0.3) is 0 Å². The zero-order valence-corrected chi connectivity index (χ0v) is 9.40. The highest BCUT2D eigenvalue weighted by Crippen LogP contribution is 2.20. The third kappa shape index (κ3) is 2.94. The van der Waals surface area contributed by atoms with Gasteiger partial charge < -0.3 is 15.3 Å². The van der Waals surface area contributed by atoms with Crippen molar-refractivity contribution >= 4 is 11.7 Å². The minimum absolute atomic E-state index is 0.0590. The van der Waals surface area contributed by atoms with Crippen molar-refractivity contribution in [1.29, 1.82) is 0 Å². The van der Waals surface area contributed by atoms with Gasteiger partial charge in [-0.2, -0.15) is 0 Å². The normalized spacial score (nSPS) is 20.3. The average Bonchev–Trinajstić information content (AvgIpc) is 2.29. The lowest BCUT2D eigenvalue weighted by molar-refractivity contribution is -0.137. The van der Waals surface area contributed by atoms with Crippen LogP contribution < -0.4 is 10.2 Å². The molecule has 0 amide bonds. The van der Waals surface area contributed by atoms with E-state index in [9.17, 15) is 9.18 Å². The maximum Gasteiger partial charge on any atom is 0.305 e. The van der Waals surface area contributed by atoms with E-state index in [1.807, 2.05) is 11.0 Å². The summed E-state index contributed by atoms with van der Waals surface area (Å²) in [6, 6.07) is 6.16. The molecule has 0 saturated carbocycles. The van der Waals surface area contributed by atoms with Crippen LogP contribution in [0.2, 0.25) is 0 Å². The smallest absolute Gasteiger partial charge is 0.305 e. The van der Waals surface area contributed by atoms with Crippen LogP contribution in [0, 0.1) is 5.82 Å². The van der Waals surface area contributed by atoms with Crippen molar-refractivity contribution in [3.8, 4) is 0 Å². The molecule has 92 valence electrons. The first-order valence-corrected chi connectivity index (χ1v) is 5.61. The molecule has 1 heterocycles. The molecule has 1 fully saturated rings. The second kappa shape index (κ2) is 5.14. The number of halogens is 1. The van der Waals surface area contributed by atoms with E-state index < -0.39 is 5.97 Å². The minimum atomic E-state index is -0.833. The van der Waals surface area contributed by atoms with Crippen LogP contribution in [-0.2, 0) is 4.79 Å². The van der Waals surface area contributed by atoms with Crippen molar-refractivity contribution in [3.63, 3.8) is 0 Å². The third-order valence-electron chi connectivity index (χ3n) is 2.90. The summed E-state index contributed by atoms with van der Waals surface area (Å²) in [5.41, 5.74) is 0.748.